The van der Waals surface area contributed by atoms with Crippen molar-refractivity contribution in [1.29, 1.82) is 0 Å². The second-order valence-corrected chi connectivity index (χ2v) is 5.55. The number of rotatable bonds is 2. The summed E-state index contributed by atoms with van der Waals surface area (Å²) < 4.78 is 21.4. The number of halogens is 1. The van der Waals surface area contributed by atoms with Crippen LogP contribution in [-0.2, 0) is 4.74 Å². The Morgan fingerprint density at radius 1 is 1.62 bits per heavy atom. The van der Waals surface area contributed by atoms with Gasteiger partial charge in [0.25, 0.3) is 0 Å². The number of alkyl halides is 1. The van der Waals surface area contributed by atoms with Gasteiger partial charge in [-0.1, -0.05) is 0 Å². The van der Waals surface area contributed by atoms with Gasteiger partial charge in [0.2, 0.25) is 0 Å². The number of fused-ring (bicyclic) bond motifs is 1. The van der Waals surface area contributed by atoms with E-state index in [0.29, 0.717) is 17.4 Å². The molecule has 8 nitrogen and oxygen atoms in total. The molecule has 3 rings (SSSR count). The van der Waals surface area contributed by atoms with Crippen LogP contribution in [0.3, 0.4) is 0 Å². The lowest BCUT2D eigenvalue weighted by Crippen LogP contribution is -2.42. The molecule has 21 heavy (non-hydrogen) atoms. The Bertz CT molecular complexity index is 591. The largest absolute Gasteiger partial charge is 0.393 e. The standard InChI is InChI=1S/C12H18FN5O3/c1-5-16-10(14)11-15-3-6(18(11)17-5)8-7(13)9(20)12(2,4-19)21-8/h3,7-10,19-20H,4,14H2,1-2H3,(H,16,17)/t7-,8-,9-,10?,12+/m0/s1. The number of amidine groups is 1. The predicted octanol–water partition coefficient (Wildman–Crippen LogP) is -0.663. The van der Waals surface area contributed by atoms with Crippen molar-refractivity contribution in [2.75, 3.05) is 12.0 Å². The molecule has 1 saturated heterocycles. The quantitative estimate of drug-likeness (QED) is 0.575. The summed E-state index contributed by atoms with van der Waals surface area (Å²) >= 11 is 0. The highest BCUT2D eigenvalue weighted by Crippen LogP contribution is 2.42. The zero-order valence-corrected chi connectivity index (χ0v) is 11.7. The molecule has 0 aliphatic carbocycles. The van der Waals surface area contributed by atoms with Gasteiger partial charge in [-0.25, -0.2) is 19.0 Å². The van der Waals surface area contributed by atoms with Crippen molar-refractivity contribution in [3.63, 3.8) is 0 Å². The van der Waals surface area contributed by atoms with Gasteiger partial charge in [-0.3, -0.25) is 5.43 Å². The monoisotopic (exact) mass is 299 g/mol. The molecule has 0 spiro atoms. The summed E-state index contributed by atoms with van der Waals surface area (Å²) in [7, 11) is 0. The molecule has 1 aromatic rings. The Labute approximate surface area is 120 Å². The first-order valence-corrected chi connectivity index (χ1v) is 6.63. The molecule has 3 heterocycles. The van der Waals surface area contributed by atoms with Gasteiger partial charge in [-0.05, 0) is 13.8 Å². The van der Waals surface area contributed by atoms with E-state index in [1.165, 1.54) is 17.8 Å². The molecule has 9 heteroatoms. The third kappa shape index (κ3) is 2.04. The molecule has 0 radical (unpaired) electrons. The number of hydrogen-bond acceptors (Lipinski definition) is 7. The van der Waals surface area contributed by atoms with Crippen molar-refractivity contribution in [2.24, 2.45) is 10.7 Å². The summed E-state index contributed by atoms with van der Waals surface area (Å²) in [6, 6.07) is 0. The zero-order chi connectivity index (χ0) is 15.4. The smallest absolute Gasteiger partial charge is 0.167 e. The Morgan fingerprint density at radius 3 is 2.95 bits per heavy atom. The van der Waals surface area contributed by atoms with Gasteiger partial charge in [0.15, 0.2) is 18.2 Å². The molecule has 5 N–H and O–H groups in total. The van der Waals surface area contributed by atoms with Crippen molar-refractivity contribution >= 4 is 5.84 Å². The summed E-state index contributed by atoms with van der Waals surface area (Å²) in [5.41, 5.74) is 7.82. The molecule has 2 aliphatic rings. The molecule has 1 unspecified atom stereocenters. The minimum absolute atomic E-state index is 0.387. The summed E-state index contributed by atoms with van der Waals surface area (Å²) in [4.78, 5) is 8.25. The average molecular weight is 299 g/mol. The predicted molar refractivity (Wildman–Crippen MR) is 71.8 cm³/mol. The fourth-order valence-corrected chi connectivity index (χ4v) is 2.65. The van der Waals surface area contributed by atoms with Gasteiger partial charge in [0.1, 0.15) is 23.6 Å². The van der Waals surface area contributed by atoms with Crippen LogP contribution in [0, 0.1) is 0 Å². The number of imidazole rings is 1. The van der Waals surface area contributed by atoms with E-state index in [4.69, 9.17) is 10.5 Å². The lowest BCUT2D eigenvalue weighted by molar-refractivity contribution is -0.100. The zero-order valence-electron chi connectivity index (χ0n) is 11.7. The van der Waals surface area contributed by atoms with Crippen LogP contribution in [0.25, 0.3) is 0 Å². The molecule has 1 aromatic heterocycles. The third-order valence-electron chi connectivity index (χ3n) is 3.91. The van der Waals surface area contributed by atoms with E-state index in [9.17, 15) is 14.6 Å². The number of aromatic nitrogens is 2. The maximum atomic E-state index is 14.4. The fraction of sp³-hybridized carbons (Fsp3) is 0.667. The number of nitrogens with one attached hydrogen (secondary N) is 1. The molecular weight excluding hydrogens is 281 g/mol. The molecule has 2 aliphatic heterocycles. The van der Waals surface area contributed by atoms with Crippen molar-refractivity contribution in [3.05, 3.63) is 17.7 Å². The Kier molecular flexibility index (Phi) is 3.24. The minimum Gasteiger partial charge on any atom is -0.393 e. The molecule has 116 valence electrons. The van der Waals surface area contributed by atoms with Crippen LogP contribution >= 0.6 is 0 Å². The van der Waals surface area contributed by atoms with E-state index in [0.717, 1.165) is 0 Å². The highest BCUT2D eigenvalue weighted by atomic mass is 19.1. The second kappa shape index (κ2) is 4.73. The van der Waals surface area contributed by atoms with Crippen LogP contribution in [0.2, 0.25) is 0 Å². The maximum absolute atomic E-state index is 14.4. The molecule has 0 aromatic carbocycles. The van der Waals surface area contributed by atoms with E-state index < -0.39 is 36.8 Å². The highest BCUT2D eigenvalue weighted by Gasteiger charge is 2.53. The van der Waals surface area contributed by atoms with Crippen LogP contribution in [0.4, 0.5) is 4.39 Å². The molecule has 0 bridgehead atoms. The summed E-state index contributed by atoms with van der Waals surface area (Å²) in [6.45, 7) is 2.70. The number of hydrogen-bond donors (Lipinski definition) is 4. The first-order valence-electron chi connectivity index (χ1n) is 6.63. The molecule has 0 amide bonds. The lowest BCUT2D eigenvalue weighted by atomic mass is 9.98. The fourth-order valence-electron chi connectivity index (χ4n) is 2.65. The average Bonchev–Trinajstić information content (AvgIpc) is 2.95. The third-order valence-corrected chi connectivity index (χ3v) is 3.91. The number of nitrogens with two attached hydrogens (primary N) is 1. The minimum atomic E-state index is -1.68. The molecule has 0 saturated carbocycles. The number of ether oxygens (including phenoxy) is 1. The number of nitrogens with zero attached hydrogens (tertiary/aromatic N) is 3. The van der Waals surface area contributed by atoms with Crippen molar-refractivity contribution in [3.8, 4) is 0 Å². The molecule has 5 atom stereocenters. The highest BCUT2D eigenvalue weighted by molar-refractivity contribution is 5.88. The summed E-state index contributed by atoms with van der Waals surface area (Å²) in [5.74, 6) is 0.992. The van der Waals surface area contributed by atoms with Gasteiger partial charge < -0.3 is 20.7 Å². The lowest BCUT2D eigenvalue weighted by Gasteiger charge is -2.25. The number of aliphatic hydroxyl groups excluding tert-OH is 2. The SMILES string of the molecule is CC1=NC(N)c2ncc([C@@H]3O[C@](C)(CO)[C@@H](O)[C@H]3F)n2N1. The van der Waals surface area contributed by atoms with Gasteiger partial charge in [-0.2, -0.15) is 0 Å². The summed E-state index contributed by atoms with van der Waals surface area (Å²) in [5, 5.41) is 19.3. The van der Waals surface area contributed by atoms with Gasteiger partial charge in [0.05, 0.1) is 18.5 Å². The van der Waals surface area contributed by atoms with E-state index in [1.807, 2.05) is 0 Å². The normalized spacial score (nSPS) is 38.9. The second-order valence-electron chi connectivity index (χ2n) is 5.55. The first-order chi connectivity index (χ1) is 9.87. The van der Waals surface area contributed by atoms with Crippen molar-refractivity contribution in [2.45, 2.75) is 44.0 Å². The van der Waals surface area contributed by atoms with Crippen LogP contribution in [0.15, 0.2) is 11.2 Å². The topological polar surface area (TPSA) is 118 Å². The van der Waals surface area contributed by atoms with E-state index >= 15 is 0 Å². The van der Waals surface area contributed by atoms with Gasteiger partial charge in [0, 0.05) is 0 Å². The number of aliphatic imine (C=N–C) groups is 1. The van der Waals surface area contributed by atoms with Crippen LogP contribution < -0.4 is 11.2 Å². The molecule has 1 fully saturated rings. The first kappa shape index (κ1) is 14.4. The maximum Gasteiger partial charge on any atom is 0.167 e. The van der Waals surface area contributed by atoms with Crippen molar-refractivity contribution in [1.82, 2.24) is 9.66 Å². The number of aliphatic hydroxyl groups is 2. The Morgan fingerprint density at radius 2 is 2.33 bits per heavy atom. The van der Waals surface area contributed by atoms with E-state index in [-0.39, 0.29) is 0 Å². The Balaban J connectivity index is 1.97. The Hall–Kier alpha value is -1.55. The summed E-state index contributed by atoms with van der Waals surface area (Å²) in [6.07, 6.45) is -3.37. The van der Waals surface area contributed by atoms with E-state index in [2.05, 4.69) is 15.4 Å². The van der Waals surface area contributed by atoms with Crippen LogP contribution in [0.1, 0.15) is 37.6 Å². The van der Waals surface area contributed by atoms with Gasteiger partial charge >= 0.3 is 0 Å². The van der Waals surface area contributed by atoms with Crippen LogP contribution in [0.5, 0.6) is 0 Å². The van der Waals surface area contributed by atoms with Gasteiger partial charge in [-0.15, -0.1) is 0 Å². The van der Waals surface area contributed by atoms with Crippen LogP contribution in [-0.4, -0.2) is 50.2 Å². The van der Waals surface area contributed by atoms with Crippen molar-refractivity contribution < 1.29 is 19.3 Å². The van der Waals surface area contributed by atoms with E-state index in [1.54, 1.807) is 6.92 Å². The molecular formula is C12H18FN5O3.